The summed E-state index contributed by atoms with van der Waals surface area (Å²) in [6.07, 6.45) is 1.41. The maximum Gasteiger partial charge on any atom is 0.234 e. The average Bonchev–Trinajstić information content (AvgIpc) is 3.22. The Hall–Kier alpha value is -2.98. The van der Waals surface area contributed by atoms with E-state index in [0.29, 0.717) is 34.7 Å². The summed E-state index contributed by atoms with van der Waals surface area (Å²) in [6, 6.07) is 12.8. The van der Waals surface area contributed by atoms with Gasteiger partial charge >= 0.3 is 0 Å². The predicted octanol–water partition coefficient (Wildman–Crippen LogP) is 5.11. The number of carbonyl (C=O) groups is 1. The van der Waals surface area contributed by atoms with Crippen molar-refractivity contribution in [3.8, 4) is 17.2 Å². The minimum atomic E-state index is -0.345. The molecule has 8 nitrogen and oxygen atoms in total. The lowest BCUT2D eigenvalue weighted by Gasteiger charge is -2.16. The molecule has 0 radical (unpaired) electrons. The first kappa shape index (κ1) is 24.7. The Kier molecular flexibility index (Phi) is 8.79. The summed E-state index contributed by atoms with van der Waals surface area (Å²) >= 11 is 4.70. The number of anilines is 1. The first-order valence-corrected chi connectivity index (χ1v) is 11.8. The average molecular weight is 533 g/mol. The minimum Gasteiger partial charge on any atom is -0.497 e. The van der Waals surface area contributed by atoms with Gasteiger partial charge in [0.05, 0.1) is 25.7 Å². The highest BCUT2D eigenvalue weighted by Crippen LogP contribution is 2.30. The Balaban J connectivity index is 1.68. The molecule has 1 aromatic heterocycles. The van der Waals surface area contributed by atoms with E-state index in [1.165, 1.54) is 11.8 Å². The Morgan fingerprint density at radius 3 is 2.58 bits per heavy atom. The largest absolute Gasteiger partial charge is 0.497 e. The zero-order chi connectivity index (χ0) is 23.8. The molecule has 1 unspecified atom stereocenters. The van der Waals surface area contributed by atoms with E-state index in [1.54, 1.807) is 38.5 Å². The molecule has 3 rings (SSSR count). The Labute approximate surface area is 205 Å². The van der Waals surface area contributed by atoms with Gasteiger partial charge in [-0.2, -0.15) is 0 Å². The molecule has 0 spiro atoms. The van der Waals surface area contributed by atoms with Gasteiger partial charge in [-0.25, -0.2) is 0 Å². The van der Waals surface area contributed by atoms with E-state index in [1.807, 2.05) is 35.8 Å². The van der Waals surface area contributed by atoms with Gasteiger partial charge in [-0.15, -0.1) is 16.8 Å². The van der Waals surface area contributed by atoms with Crippen LogP contribution in [0.25, 0.3) is 0 Å². The minimum absolute atomic E-state index is 0.136. The van der Waals surface area contributed by atoms with Gasteiger partial charge in [-0.3, -0.25) is 9.36 Å². The Bertz CT molecular complexity index is 1100. The standard InChI is InChI=1S/C23H25BrN4O4S/c1-5-12-28-22(15(2)32-17-8-6-16(24)7-9-17)26-27-23(28)33-14-21(29)25-19-13-18(30-3)10-11-20(19)31-4/h5-11,13,15H,1,12,14H2,2-4H3,(H,25,29). The van der Waals surface area contributed by atoms with Crippen molar-refractivity contribution in [3.05, 3.63) is 65.4 Å². The molecule has 1 amide bonds. The van der Waals surface area contributed by atoms with Gasteiger partial charge in [0.25, 0.3) is 0 Å². The molecule has 0 saturated heterocycles. The van der Waals surface area contributed by atoms with Crippen molar-refractivity contribution in [3.63, 3.8) is 0 Å². The van der Waals surface area contributed by atoms with Gasteiger partial charge in [0.1, 0.15) is 17.2 Å². The van der Waals surface area contributed by atoms with Gasteiger partial charge in [0, 0.05) is 17.1 Å². The van der Waals surface area contributed by atoms with Crippen LogP contribution in [0.5, 0.6) is 17.2 Å². The molecule has 33 heavy (non-hydrogen) atoms. The number of carbonyl (C=O) groups excluding carboxylic acids is 1. The van der Waals surface area contributed by atoms with Crippen LogP contribution >= 0.6 is 27.7 Å². The van der Waals surface area contributed by atoms with E-state index in [-0.39, 0.29) is 17.8 Å². The number of rotatable bonds is 11. The summed E-state index contributed by atoms with van der Waals surface area (Å²) in [5, 5.41) is 12.0. The highest BCUT2D eigenvalue weighted by atomic mass is 79.9. The number of thioether (sulfide) groups is 1. The summed E-state index contributed by atoms with van der Waals surface area (Å²) < 4.78 is 19.4. The first-order valence-electron chi connectivity index (χ1n) is 10.1. The van der Waals surface area contributed by atoms with Crippen LogP contribution in [0.2, 0.25) is 0 Å². The molecule has 0 aliphatic heterocycles. The smallest absolute Gasteiger partial charge is 0.234 e. The SMILES string of the molecule is C=CCn1c(SCC(=O)Nc2cc(OC)ccc2OC)nnc1C(C)Oc1ccc(Br)cc1. The van der Waals surface area contributed by atoms with Crippen LogP contribution in [0.1, 0.15) is 18.9 Å². The number of hydrogen-bond donors (Lipinski definition) is 1. The lowest BCUT2D eigenvalue weighted by molar-refractivity contribution is -0.113. The van der Waals surface area contributed by atoms with Crippen molar-refractivity contribution in [1.29, 1.82) is 0 Å². The van der Waals surface area contributed by atoms with Gasteiger partial charge in [-0.1, -0.05) is 33.8 Å². The van der Waals surface area contributed by atoms with E-state index in [9.17, 15) is 4.79 Å². The molecule has 0 aliphatic carbocycles. The molecule has 0 saturated carbocycles. The normalized spacial score (nSPS) is 11.5. The fourth-order valence-electron chi connectivity index (χ4n) is 3.01. The summed E-state index contributed by atoms with van der Waals surface area (Å²) in [4.78, 5) is 12.6. The topological polar surface area (TPSA) is 87.5 Å². The second-order valence-corrected chi connectivity index (χ2v) is 8.72. The lowest BCUT2D eigenvalue weighted by atomic mass is 10.2. The number of nitrogens with zero attached hydrogens (tertiary/aromatic N) is 3. The van der Waals surface area contributed by atoms with Crippen molar-refractivity contribution < 1.29 is 19.0 Å². The Morgan fingerprint density at radius 2 is 1.91 bits per heavy atom. The van der Waals surface area contributed by atoms with Crippen LogP contribution in [-0.2, 0) is 11.3 Å². The third-order valence-corrected chi connectivity index (χ3v) is 6.06. The molecule has 0 fully saturated rings. The molecule has 0 aliphatic rings. The van der Waals surface area contributed by atoms with E-state index in [0.717, 1.165) is 10.2 Å². The molecule has 2 aromatic carbocycles. The number of hydrogen-bond acceptors (Lipinski definition) is 7. The van der Waals surface area contributed by atoms with E-state index in [4.69, 9.17) is 14.2 Å². The summed E-state index contributed by atoms with van der Waals surface area (Å²) in [6.45, 7) is 6.22. The number of halogens is 1. The fraction of sp³-hybridized carbons (Fsp3) is 0.261. The van der Waals surface area contributed by atoms with E-state index >= 15 is 0 Å². The molecule has 3 aromatic rings. The molecule has 10 heteroatoms. The summed E-state index contributed by atoms with van der Waals surface area (Å²) in [7, 11) is 3.11. The summed E-state index contributed by atoms with van der Waals surface area (Å²) in [5.41, 5.74) is 0.534. The molecular weight excluding hydrogens is 508 g/mol. The quantitative estimate of drug-likeness (QED) is 0.271. The second kappa shape index (κ2) is 11.8. The van der Waals surface area contributed by atoms with Crippen molar-refractivity contribution in [1.82, 2.24) is 14.8 Å². The van der Waals surface area contributed by atoms with Crippen LogP contribution in [0.15, 0.2) is 64.7 Å². The predicted molar refractivity (Wildman–Crippen MR) is 132 cm³/mol. The third kappa shape index (κ3) is 6.52. The van der Waals surface area contributed by atoms with Gasteiger partial charge < -0.3 is 19.5 Å². The molecular formula is C23H25BrN4O4S. The molecule has 0 bridgehead atoms. The molecule has 1 heterocycles. The van der Waals surface area contributed by atoms with E-state index in [2.05, 4.69) is 38.0 Å². The van der Waals surface area contributed by atoms with Gasteiger partial charge in [-0.05, 0) is 43.3 Å². The Morgan fingerprint density at radius 1 is 1.18 bits per heavy atom. The van der Waals surface area contributed by atoms with Crippen LogP contribution < -0.4 is 19.5 Å². The molecule has 1 N–H and O–H groups in total. The zero-order valence-corrected chi connectivity index (χ0v) is 21.0. The number of ether oxygens (including phenoxy) is 3. The monoisotopic (exact) mass is 532 g/mol. The zero-order valence-electron chi connectivity index (χ0n) is 18.6. The van der Waals surface area contributed by atoms with Crippen LogP contribution in [0.3, 0.4) is 0 Å². The maximum atomic E-state index is 12.6. The first-order chi connectivity index (χ1) is 15.9. The van der Waals surface area contributed by atoms with Gasteiger partial charge in [0.15, 0.2) is 17.1 Å². The van der Waals surface area contributed by atoms with Crippen molar-refractivity contribution >= 4 is 39.3 Å². The van der Waals surface area contributed by atoms with Crippen molar-refractivity contribution in [2.24, 2.45) is 0 Å². The van der Waals surface area contributed by atoms with Crippen LogP contribution in [0, 0.1) is 0 Å². The highest BCUT2D eigenvalue weighted by Gasteiger charge is 2.20. The van der Waals surface area contributed by atoms with Crippen molar-refractivity contribution in [2.45, 2.75) is 24.7 Å². The number of aromatic nitrogens is 3. The molecule has 1 atom stereocenters. The third-order valence-electron chi connectivity index (χ3n) is 4.56. The second-order valence-electron chi connectivity index (χ2n) is 6.86. The van der Waals surface area contributed by atoms with Crippen LogP contribution in [-0.4, -0.2) is 40.6 Å². The fourth-order valence-corrected chi connectivity index (χ4v) is 4.03. The number of benzene rings is 2. The molecule has 174 valence electrons. The van der Waals surface area contributed by atoms with Crippen LogP contribution in [0.4, 0.5) is 5.69 Å². The highest BCUT2D eigenvalue weighted by molar-refractivity contribution is 9.10. The number of methoxy groups -OCH3 is 2. The summed E-state index contributed by atoms with van der Waals surface area (Å²) in [5.74, 6) is 2.46. The van der Waals surface area contributed by atoms with Gasteiger partial charge in [0.2, 0.25) is 5.91 Å². The maximum absolute atomic E-state index is 12.6. The number of amides is 1. The lowest BCUT2D eigenvalue weighted by Crippen LogP contribution is -2.16. The number of allylic oxidation sites excluding steroid dienone is 1. The van der Waals surface area contributed by atoms with E-state index < -0.39 is 0 Å². The number of nitrogens with one attached hydrogen (secondary N) is 1. The van der Waals surface area contributed by atoms with Crippen molar-refractivity contribution in [2.75, 3.05) is 25.3 Å².